The van der Waals surface area contributed by atoms with Gasteiger partial charge in [0.2, 0.25) is 0 Å². The van der Waals surface area contributed by atoms with Gasteiger partial charge in [-0.15, -0.1) is 0 Å². The summed E-state index contributed by atoms with van der Waals surface area (Å²) in [4.78, 5) is 0. The predicted molar refractivity (Wildman–Crippen MR) is 70.0 cm³/mol. The van der Waals surface area contributed by atoms with Crippen molar-refractivity contribution in [2.45, 2.75) is 26.3 Å². The van der Waals surface area contributed by atoms with Gasteiger partial charge in [-0.2, -0.15) is 0 Å². The summed E-state index contributed by atoms with van der Waals surface area (Å²) >= 11 is 0. The molecule has 0 saturated carbocycles. The Bertz CT molecular complexity index is 315. The van der Waals surface area contributed by atoms with Crippen LogP contribution < -0.4 is 5.73 Å². The van der Waals surface area contributed by atoms with Gasteiger partial charge >= 0.3 is 0 Å². The molecule has 0 aromatic heterocycles. The van der Waals surface area contributed by atoms with Crippen molar-refractivity contribution >= 4 is 0 Å². The summed E-state index contributed by atoms with van der Waals surface area (Å²) in [6, 6.07) is 8.17. The Hall–Kier alpha value is -0.900. The van der Waals surface area contributed by atoms with Gasteiger partial charge < -0.3 is 15.2 Å². The third-order valence-electron chi connectivity index (χ3n) is 2.49. The maximum absolute atomic E-state index is 6.04. The number of ether oxygens (including phenoxy) is 2. The smallest absolute Gasteiger partial charge is 0.0701 e. The van der Waals surface area contributed by atoms with Gasteiger partial charge in [0.1, 0.15) is 0 Å². The molecule has 0 spiro atoms. The number of rotatable bonds is 8. The molecule has 1 aromatic carbocycles. The second-order valence-corrected chi connectivity index (χ2v) is 4.21. The second kappa shape index (κ2) is 8.23. The molecule has 0 aliphatic carbocycles. The number of hydrogen-bond acceptors (Lipinski definition) is 3. The lowest BCUT2D eigenvalue weighted by Gasteiger charge is -2.13. The Balaban J connectivity index is 2.19. The summed E-state index contributed by atoms with van der Waals surface area (Å²) in [5.41, 5.74) is 8.39. The molecule has 0 radical (unpaired) electrons. The molecule has 0 saturated heterocycles. The van der Waals surface area contributed by atoms with Gasteiger partial charge in [-0.25, -0.2) is 0 Å². The Labute approximate surface area is 104 Å². The van der Waals surface area contributed by atoms with E-state index in [-0.39, 0.29) is 6.04 Å². The van der Waals surface area contributed by atoms with Gasteiger partial charge in [-0.3, -0.25) is 0 Å². The van der Waals surface area contributed by atoms with Crippen molar-refractivity contribution in [2.75, 3.05) is 26.4 Å². The molecule has 0 amide bonds. The van der Waals surface area contributed by atoms with Crippen LogP contribution in [0, 0.1) is 6.92 Å². The van der Waals surface area contributed by atoms with Gasteiger partial charge in [0.05, 0.1) is 25.9 Å². The van der Waals surface area contributed by atoms with Crippen molar-refractivity contribution in [3.63, 3.8) is 0 Å². The molecular weight excluding hydrogens is 214 g/mol. The minimum Gasteiger partial charge on any atom is -0.379 e. The van der Waals surface area contributed by atoms with Crippen molar-refractivity contribution in [3.8, 4) is 0 Å². The SMILES string of the molecule is CCCOCCOCC(N)c1cccc(C)c1. The van der Waals surface area contributed by atoms with E-state index < -0.39 is 0 Å². The zero-order valence-electron chi connectivity index (χ0n) is 10.8. The van der Waals surface area contributed by atoms with Crippen LogP contribution in [0.15, 0.2) is 24.3 Å². The van der Waals surface area contributed by atoms with Crippen molar-refractivity contribution in [2.24, 2.45) is 5.73 Å². The average Bonchev–Trinajstić information content (AvgIpc) is 2.33. The monoisotopic (exact) mass is 237 g/mol. The van der Waals surface area contributed by atoms with Gasteiger partial charge in [0.15, 0.2) is 0 Å². The molecule has 2 N–H and O–H groups in total. The zero-order chi connectivity index (χ0) is 12.5. The maximum atomic E-state index is 6.04. The summed E-state index contributed by atoms with van der Waals surface area (Å²) in [5.74, 6) is 0. The highest BCUT2D eigenvalue weighted by Gasteiger charge is 2.05. The predicted octanol–water partition coefficient (Wildman–Crippen LogP) is 2.44. The van der Waals surface area contributed by atoms with E-state index in [2.05, 4.69) is 26.0 Å². The first-order valence-corrected chi connectivity index (χ1v) is 6.21. The largest absolute Gasteiger partial charge is 0.379 e. The van der Waals surface area contributed by atoms with Crippen LogP contribution >= 0.6 is 0 Å². The Morgan fingerprint density at radius 1 is 1.18 bits per heavy atom. The zero-order valence-corrected chi connectivity index (χ0v) is 10.8. The van der Waals surface area contributed by atoms with Crippen molar-refractivity contribution < 1.29 is 9.47 Å². The van der Waals surface area contributed by atoms with E-state index in [0.717, 1.165) is 18.6 Å². The Morgan fingerprint density at radius 3 is 2.65 bits per heavy atom. The number of benzene rings is 1. The molecule has 1 atom stereocenters. The minimum atomic E-state index is -0.0546. The second-order valence-electron chi connectivity index (χ2n) is 4.21. The third-order valence-corrected chi connectivity index (χ3v) is 2.49. The number of aryl methyl sites for hydroxylation is 1. The normalized spacial score (nSPS) is 12.6. The molecule has 3 heteroatoms. The fraction of sp³-hybridized carbons (Fsp3) is 0.571. The van der Waals surface area contributed by atoms with Crippen LogP contribution in [0.2, 0.25) is 0 Å². The van der Waals surface area contributed by atoms with Crippen LogP contribution in [0.4, 0.5) is 0 Å². The van der Waals surface area contributed by atoms with E-state index in [1.165, 1.54) is 5.56 Å². The van der Waals surface area contributed by atoms with Crippen LogP contribution in [-0.2, 0) is 9.47 Å². The van der Waals surface area contributed by atoms with Gasteiger partial charge in [0, 0.05) is 6.61 Å². The molecule has 0 aliphatic rings. The lowest BCUT2D eigenvalue weighted by atomic mass is 10.1. The van der Waals surface area contributed by atoms with Crippen LogP contribution in [0.25, 0.3) is 0 Å². The molecule has 0 bridgehead atoms. The molecule has 0 fully saturated rings. The van der Waals surface area contributed by atoms with Gasteiger partial charge in [0.25, 0.3) is 0 Å². The van der Waals surface area contributed by atoms with Crippen molar-refractivity contribution in [1.29, 1.82) is 0 Å². The Morgan fingerprint density at radius 2 is 1.94 bits per heavy atom. The first-order valence-electron chi connectivity index (χ1n) is 6.21. The summed E-state index contributed by atoms with van der Waals surface area (Å²) in [7, 11) is 0. The van der Waals surface area contributed by atoms with Crippen LogP contribution in [0.3, 0.4) is 0 Å². The van der Waals surface area contributed by atoms with E-state index in [1.807, 2.05) is 12.1 Å². The van der Waals surface area contributed by atoms with Gasteiger partial charge in [-0.05, 0) is 18.9 Å². The minimum absolute atomic E-state index is 0.0546. The fourth-order valence-corrected chi connectivity index (χ4v) is 1.57. The van der Waals surface area contributed by atoms with E-state index in [4.69, 9.17) is 15.2 Å². The molecular formula is C14H23NO2. The molecule has 17 heavy (non-hydrogen) atoms. The maximum Gasteiger partial charge on any atom is 0.0701 e. The number of hydrogen-bond donors (Lipinski definition) is 1. The first-order chi connectivity index (χ1) is 8.24. The molecule has 1 rings (SSSR count). The molecule has 1 aromatic rings. The third kappa shape index (κ3) is 5.82. The molecule has 3 nitrogen and oxygen atoms in total. The van der Waals surface area contributed by atoms with Crippen LogP contribution in [0.1, 0.15) is 30.5 Å². The highest BCUT2D eigenvalue weighted by Crippen LogP contribution is 2.12. The fourth-order valence-electron chi connectivity index (χ4n) is 1.57. The summed E-state index contributed by atoms with van der Waals surface area (Å²) in [6.45, 7) is 6.75. The molecule has 96 valence electrons. The standard InChI is InChI=1S/C14H23NO2/c1-3-7-16-8-9-17-11-14(15)13-6-4-5-12(2)10-13/h4-6,10,14H,3,7-9,11,15H2,1-2H3. The van der Waals surface area contributed by atoms with E-state index >= 15 is 0 Å². The highest BCUT2D eigenvalue weighted by molar-refractivity contribution is 5.24. The lowest BCUT2D eigenvalue weighted by Crippen LogP contribution is -2.18. The summed E-state index contributed by atoms with van der Waals surface area (Å²) in [6.07, 6.45) is 1.04. The highest BCUT2D eigenvalue weighted by atomic mass is 16.5. The van der Waals surface area contributed by atoms with Crippen LogP contribution in [-0.4, -0.2) is 26.4 Å². The molecule has 0 heterocycles. The van der Waals surface area contributed by atoms with E-state index in [1.54, 1.807) is 0 Å². The Kier molecular flexibility index (Phi) is 6.86. The lowest BCUT2D eigenvalue weighted by molar-refractivity contribution is 0.0428. The van der Waals surface area contributed by atoms with E-state index in [9.17, 15) is 0 Å². The number of nitrogens with two attached hydrogens (primary N) is 1. The molecule has 0 aliphatic heterocycles. The molecule has 1 unspecified atom stereocenters. The summed E-state index contributed by atoms with van der Waals surface area (Å²) < 4.78 is 10.8. The van der Waals surface area contributed by atoms with Gasteiger partial charge in [-0.1, -0.05) is 36.8 Å². The van der Waals surface area contributed by atoms with E-state index in [0.29, 0.717) is 19.8 Å². The van der Waals surface area contributed by atoms with Crippen LogP contribution in [0.5, 0.6) is 0 Å². The first kappa shape index (κ1) is 14.2. The average molecular weight is 237 g/mol. The van der Waals surface area contributed by atoms with Crippen molar-refractivity contribution in [1.82, 2.24) is 0 Å². The summed E-state index contributed by atoms with van der Waals surface area (Å²) in [5, 5.41) is 0. The van der Waals surface area contributed by atoms with Crippen molar-refractivity contribution in [3.05, 3.63) is 35.4 Å². The topological polar surface area (TPSA) is 44.5 Å². The quantitative estimate of drug-likeness (QED) is 0.706.